The second kappa shape index (κ2) is 6.63. The first-order chi connectivity index (χ1) is 8.79. The van der Waals surface area contributed by atoms with Gasteiger partial charge >= 0.3 is 0 Å². The Kier molecular flexibility index (Phi) is 4.86. The van der Waals surface area contributed by atoms with Crippen LogP contribution in [0, 0.1) is 5.92 Å². The smallest absolute Gasteiger partial charge is 0.115 e. The van der Waals surface area contributed by atoms with E-state index in [0.717, 1.165) is 5.92 Å². The highest BCUT2D eigenvalue weighted by molar-refractivity contribution is 5.66. The Hall–Kier alpha value is -1.24. The number of phenols is 1. The first-order valence-electron chi connectivity index (χ1n) is 7.28. The number of hydrogen-bond acceptors (Lipinski definition) is 1. The van der Waals surface area contributed by atoms with Crippen molar-refractivity contribution in [3.05, 3.63) is 35.9 Å². The van der Waals surface area contributed by atoms with Crippen molar-refractivity contribution in [2.75, 3.05) is 0 Å². The molecule has 1 aromatic carbocycles. The lowest BCUT2D eigenvalue weighted by Crippen LogP contribution is -2.05. The molecule has 1 aliphatic rings. The number of aromatic hydroxyl groups is 1. The summed E-state index contributed by atoms with van der Waals surface area (Å²) in [4.78, 5) is 0. The van der Waals surface area contributed by atoms with Crippen LogP contribution in [0.4, 0.5) is 0 Å². The molecule has 1 heteroatoms. The van der Waals surface area contributed by atoms with Crippen LogP contribution in [0.15, 0.2) is 30.3 Å². The van der Waals surface area contributed by atoms with E-state index in [0.29, 0.717) is 5.75 Å². The summed E-state index contributed by atoms with van der Waals surface area (Å²) in [6.07, 6.45) is 11.7. The molecule has 1 nitrogen and oxygen atoms in total. The van der Waals surface area contributed by atoms with Gasteiger partial charge in [0.2, 0.25) is 0 Å². The maximum atomic E-state index is 9.30. The lowest BCUT2D eigenvalue weighted by molar-refractivity contribution is 0.428. The van der Waals surface area contributed by atoms with E-state index in [4.69, 9.17) is 0 Å². The van der Waals surface area contributed by atoms with E-state index in [1.165, 1.54) is 56.1 Å². The number of unbranched alkanes of at least 4 members (excludes halogenated alkanes) is 2. The highest BCUT2D eigenvalue weighted by Gasteiger charge is 2.14. The molecular formula is C17H24O. The summed E-state index contributed by atoms with van der Waals surface area (Å²) in [6.45, 7) is 2.27. The molecule has 0 radical (unpaired) electrons. The lowest BCUT2D eigenvalue weighted by atomic mass is 9.84. The zero-order valence-electron chi connectivity index (χ0n) is 11.4. The van der Waals surface area contributed by atoms with Crippen LogP contribution in [-0.2, 0) is 0 Å². The predicted octanol–water partition coefficient (Wildman–Crippen LogP) is 5.16. The molecule has 0 aromatic heterocycles. The maximum absolute atomic E-state index is 9.30. The molecule has 0 fully saturated rings. The number of benzene rings is 1. The van der Waals surface area contributed by atoms with Crippen molar-refractivity contribution in [3.8, 4) is 5.75 Å². The fourth-order valence-corrected chi connectivity index (χ4v) is 2.77. The van der Waals surface area contributed by atoms with E-state index < -0.39 is 0 Å². The monoisotopic (exact) mass is 244 g/mol. The summed E-state index contributed by atoms with van der Waals surface area (Å²) in [5.41, 5.74) is 2.74. The molecule has 0 aliphatic heterocycles. The van der Waals surface area contributed by atoms with Gasteiger partial charge < -0.3 is 5.11 Å². The minimum atomic E-state index is 0.354. The first kappa shape index (κ1) is 13.2. The molecule has 18 heavy (non-hydrogen) atoms. The fourth-order valence-electron chi connectivity index (χ4n) is 2.77. The summed E-state index contributed by atoms with van der Waals surface area (Å²) < 4.78 is 0. The minimum absolute atomic E-state index is 0.354. The molecule has 0 bridgehead atoms. The average molecular weight is 244 g/mol. The van der Waals surface area contributed by atoms with Crippen molar-refractivity contribution in [2.24, 2.45) is 5.92 Å². The maximum Gasteiger partial charge on any atom is 0.115 e. The van der Waals surface area contributed by atoms with Gasteiger partial charge in [-0.15, -0.1) is 0 Å². The molecule has 1 aliphatic carbocycles. The third-order valence-electron chi connectivity index (χ3n) is 3.97. The number of hydrogen-bond donors (Lipinski definition) is 1. The SMILES string of the molecule is CCCCCC1CC=C(c2ccc(O)cc2)CC1. The van der Waals surface area contributed by atoms with E-state index in [2.05, 4.69) is 13.0 Å². The Morgan fingerprint density at radius 3 is 2.56 bits per heavy atom. The second-order valence-corrected chi connectivity index (χ2v) is 5.41. The van der Waals surface area contributed by atoms with Crippen LogP contribution in [-0.4, -0.2) is 5.11 Å². The molecule has 1 aromatic rings. The fraction of sp³-hybridized carbons (Fsp3) is 0.529. The molecule has 0 heterocycles. The zero-order valence-corrected chi connectivity index (χ0v) is 11.4. The number of allylic oxidation sites excluding steroid dienone is 2. The number of phenolic OH excluding ortho intramolecular Hbond substituents is 1. The third-order valence-corrected chi connectivity index (χ3v) is 3.97. The Bertz CT molecular complexity index is 389. The van der Waals surface area contributed by atoms with Gasteiger partial charge in [0.1, 0.15) is 5.75 Å². The van der Waals surface area contributed by atoms with E-state index in [-0.39, 0.29) is 0 Å². The van der Waals surface area contributed by atoms with Gasteiger partial charge in [-0.1, -0.05) is 50.8 Å². The lowest BCUT2D eigenvalue weighted by Gasteiger charge is -2.22. The summed E-state index contributed by atoms with van der Waals surface area (Å²) in [7, 11) is 0. The van der Waals surface area contributed by atoms with Gasteiger partial charge in [0.25, 0.3) is 0 Å². The second-order valence-electron chi connectivity index (χ2n) is 5.41. The summed E-state index contributed by atoms with van der Waals surface area (Å²) in [6, 6.07) is 7.62. The Morgan fingerprint density at radius 2 is 1.94 bits per heavy atom. The Labute approximate surface area is 111 Å². The van der Waals surface area contributed by atoms with E-state index in [1.807, 2.05) is 12.1 Å². The van der Waals surface area contributed by atoms with Crippen LogP contribution in [0.1, 0.15) is 57.4 Å². The largest absolute Gasteiger partial charge is 0.508 e. The normalized spacial score (nSPS) is 19.6. The van der Waals surface area contributed by atoms with Gasteiger partial charge in [-0.25, -0.2) is 0 Å². The van der Waals surface area contributed by atoms with Crippen molar-refractivity contribution in [3.63, 3.8) is 0 Å². The van der Waals surface area contributed by atoms with Gasteiger partial charge in [-0.3, -0.25) is 0 Å². The van der Waals surface area contributed by atoms with Gasteiger partial charge in [0.15, 0.2) is 0 Å². The van der Waals surface area contributed by atoms with Gasteiger partial charge in [-0.2, -0.15) is 0 Å². The molecule has 98 valence electrons. The molecule has 1 N–H and O–H groups in total. The van der Waals surface area contributed by atoms with Crippen LogP contribution in [0.5, 0.6) is 5.75 Å². The molecule has 1 atom stereocenters. The molecule has 2 rings (SSSR count). The van der Waals surface area contributed by atoms with Crippen molar-refractivity contribution in [2.45, 2.75) is 51.9 Å². The highest BCUT2D eigenvalue weighted by atomic mass is 16.3. The van der Waals surface area contributed by atoms with Crippen molar-refractivity contribution >= 4 is 5.57 Å². The van der Waals surface area contributed by atoms with Crippen LogP contribution < -0.4 is 0 Å². The summed E-state index contributed by atoms with van der Waals surface area (Å²) >= 11 is 0. The Morgan fingerprint density at radius 1 is 1.17 bits per heavy atom. The van der Waals surface area contributed by atoms with Crippen LogP contribution >= 0.6 is 0 Å². The van der Waals surface area contributed by atoms with Crippen LogP contribution in [0.3, 0.4) is 0 Å². The predicted molar refractivity (Wildman–Crippen MR) is 77.6 cm³/mol. The molecular weight excluding hydrogens is 220 g/mol. The minimum Gasteiger partial charge on any atom is -0.508 e. The van der Waals surface area contributed by atoms with Crippen LogP contribution in [0.2, 0.25) is 0 Å². The summed E-state index contributed by atoms with van der Waals surface area (Å²) in [5, 5.41) is 9.30. The van der Waals surface area contributed by atoms with Crippen LogP contribution in [0.25, 0.3) is 5.57 Å². The standard InChI is InChI=1S/C17H24O/c1-2-3-4-5-14-6-8-15(9-7-14)16-10-12-17(18)13-11-16/h8,10-14,18H,2-7,9H2,1H3. The Balaban J connectivity index is 1.88. The van der Waals surface area contributed by atoms with Crippen molar-refractivity contribution < 1.29 is 5.11 Å². The van der Waals surface area contributed by atoms with Gasteiger partial charge in [0.05, 0.1) is 0 Å². The van der Waals surface area contributed by atoms with Gasteiger partial charge in [0, 0.05) is 0 Å². The van der Waals surface area contributed by atoms with E-state index >= 15 is 0 Å². The topological polar surface area (TPSA) is 20.2 Å². The molecule has 1 unspecified atom stereocenters. The zero-order chi connectivity index (χ0) is 12.8. The summed E-state index contributed by atoms with van der Waals surface area (Å²) in [5.74, 6) is 1.25. The van der Waals surface area contributed by atoms with Gasteiger partial charge in [-0.05, 0) is 48.4 Å². The first-order valence-corrected chi connectivity index (χ1v) is 7.28. The van der Waals surface area contributed by atoms with E-state index in [9.17, 15) is 5.11 Å². The molecule has 0 spiro atoms. The third kappa shape index (κ3) is 3.63. The van der Waals surface area contributed by atoms with Crippen molar-refractivity contribution in [1.29, 1.82) is 0 Å². The average Bonchev–Trinajstić information content (AvgIpc) is 2.41. The highest BCUT2D eigenvalue weighted by Crippen LogP contribution is 2.33. The molecule has 0 saturated heterocycles. The molecule has 0 saturated carbocycles. The van der Waals surface area contributed by atoms with E-state index in [1.54, 1.807) is 12.1 Å². The van der Waals surface area contributed by atoms with Crippen molar-refractivity contribution in [1.82, 2.24) is 0 Å². The molecule has 0 amide bonds. The number of rotatable bonds is 5. The quantitative estimate of drug-likeness (QED) is 0.710.